The fraction of sp³-hybridized carbons (Fsp3) is 0.417. The van der Waals surface area contributed by atoms with E-state index in [-0.39, 0.29) is 48.2 Å². The Balaban J connectivity index is 1.24. The van der Waals surface area contributed by atoms with Crippen LogP contribution < -0.4 is 25.7 Å². The summed E-state index contributed by atoms with van der Waals surface area (Å²) in [6.07, 6.45) is 2.83. The summed E-state index contributed by atoms with van der Waals surface area (Å²) in [6, 6.07) is 9.80. The molecule has 0 aliphatic carbocycles. The zero-order chi connectivity index (χ0) is 40.1. The molecule has 2 aliphatic rings. The van der Waals surface area contributed by atoms with Gasteiger partial charge in [-0.05, 0) is 69.4 Å². The molecule has 5 heterocycles. The molecular weight excluding hydrogens is 765 g/mol. The van der Waals surface area contributed by atoms with Gasteiger partial charge in [-0.15, -0.1) is 11.8 Å². The summed E-state index contributed by atoms with van der Waals surface area (Å²) in [5.74, 6) is -1.14. The Kier molecular flexibility index (Phi) is 12.2. The Morgan fingerprint density at radius 3 is 2.64 bits per heavy atom. The molecular formula is C36H43N10O8S2+. The highest BCUT2D eigenvalue weighted by Gasteiger charge is 2.55. The maximum absolute atomic E-state index is 14.0. The van der Waals surface area contributed by atoms with E-state index in [4.69, 9.17) is 24.8 Å². The summed E-state index contributed by atoms with van der Waals surface area (Å²) >= 11 is 2.20. The first-order valence-corrected chi connectivity index (χ1v) is 19.5. The quantitative estimate of drug-likeness (QED) is 0.0550. The number of anilines is 1. The number of methoxy groups -OCH3 is 1. The van der Waals surface area contributed by atoms with Gasteiger partial charge in [-0.2, -0.15) is 9.36 Å². The summed E-state index contributed by atoms with van der Waals surface area (Å²) in [5, 5.41) is 8.54. The third kappa shape index (κ3) is 9.09. The van der Waals surface area contributed by atoms with Crippen LogP contribution in [0, 0.1) is 0 Å². The number of aromatic nitrogens is 5. The van der Waals surface area contributed by atoms with Crippen LogP contribution in [0.3, 0.4) is 0 Å². The lowest BCUT2D eigenvalue weighted by Gasteiger charge is -2.49. The first-order chi connectivity index (χ1) is 26.8. The standard InChI is InChI=1S/C36H42N10O8S2/c1-7-53-42-25(28-40-34(56-43-28)41-35(50)54-36(3,4)5)30(47)39-26-31(48)46-27(33(49)52-17-21-10-12-23(51-6)13-11-21)22(18-55-32(26)46)16-44-14-8-9-24-29(44)38-19-45(24)15-20(2)37/h8-14,19-20,26,32H,7,15-18,37H2,1-6H3,(H-,39,40,41,43,47,50)/p+1/b42-25-/t20-,26?,32?/m0/s1. The van der Waals surface area contributed by atoms with Crippen molar-refractivity contribution in [3.63, 3.8) is 0 Å². The first kappa shape index (κ1) is 40.1. The van der Waals surface area contributed by atoms with Gasteiger partial charge in [-0.3, -0.25) is 19.8 Å². The lowest BCUT2D eigenvalue weighted by Crippen LogP contribution is -2.71. The Morgan fingerprint density at radius 2 is 1.95 bits per heavy atom. The van der Waals surface area contributed by atoms with Gasteiger partial charge in [0.1, 0.15) is 53.7 Å². The molecule has 1 fully saturated rings. The number of oxime groups is 1. The average Bonchev–Trinajstić information content (AvgIpc) is 3.79. The molecule has 0 spiro atoms. The van der Waals surface area contributed by atoms with Crippen LogP contribution in [-0.4, -0.2) is 95.9 Å². The molecule has 3 amide bonds. The predicted octanol–water partition coefficient (Wildman–Crippen LogP) is 2.72. The van der Waals surface area contributed by atoms with E-state index in [2.05, 4.69) is 30.1 Å². The van der Waals surface area contributed by atoms with Gasteiger partial charge in [0, 0.05) is 35.4 Å². The van der Waals surface area contributed by atoms with Crippen LogP contribution in [0.15, 0.2) is 65.3 Å². The Morgan fingerprint density at radius 1 is 1.18 bits per heavy atom. The van der Waals surface area contributed by atoms with Crippen molar-refractivity contribution in [2.75, 3.05) is 24.8 Å². The first-order valence-electron chi connectivity index (χ1n) is 17.7. The van der Waals surface area contributed by atoms with Crippen molar-refractivity contribution in [2.24, 2.45) is 10.9 Å². The maximum Gasteiger partial charge on any atom is 0.414 e. The zero-order valence-electron chi connectivity index (χ0n) is 31.7. The van der Waals surface area contributed by atoms with Crippen molar-refractivity contribution in [3.8, 4) is 5.75 Å². The second-order valence-electron chi connectivity index (χ2n) is 13.9. The SMILES string of the molecule is CCO/N=C(\C(=O)NC1C(=O)N2C(C(=O)OCc3ccc(OC)cc3)=C(C[n+]3cccc4c3ncn4C[C@H](C)N)CSC12)c1nsc(NC(=O)OC(C)(C)C)n1. The molecule has 0 saturated carbocycles. The molecule has 4 N–H and O–H groups in total. The number of hydrogen-bond donors (Lipinski definition) is 3. The number of hydrogen-bond acceptors (Lipinski definition) is 15. The summed E-state index contributed by atoms with van der Waals surface area (Å²) in [5.41, 5.74) is 8.01. The highest BCUT2D eigenvalue weighted by molar-refractivity contribution is 8.00. The summed E-state index contributed by atoms with van der Waals surface area (Å²) in [7, 11) is 1.56. The number of nitrogens with zero attached hydrogens (tertiary/aromatic N) is 7. The van der Waals surface area contributed by atoms with Gasteiger partial charge < -0.3 is 34.7 Å². The van der Waals surface area contributed by atoms with Crippen molar-refractivity contribution < 1.29 is 42.8 Å². The van der Waals surface area contributed by atoms with E-state index in [9.17, 15) is 19.2 Å². The second-order valence-corrected chi connectivity index (χ2v) is 15.7. The summed E-state index contributed by atoms with van der Waals surface area (Å²) < 4.78 is 24.3. The monoisotopic (exact) mass is 807 g/mol. The molecule has 0 bridgehead atoms. The number of imidazole rings is 1. The normalized spacial score (nSPS) is 17.5. The van der Waals surface area contributed by atoms with Crippen LogP contribution in [0.4, 0.5) is 9.93 Å². The minimum Gasteiger partial charge on any atom is -0.497 e. The van der Waals surface area contributed by atoms with Crippen LogP contribution >= 0.6 is 23.3 Å². The van der Waals surface area contributed by atoms with Crippen LogP contribution in [0.2, 0.25) is 0 Å². The van der Waals surface area contributed by atoms with E-state index >= 15 is 0 Å². The smallest absolute Gasteiger partial charge is 0.414 e. The fourth-order valence-electron chi connectivity index (χ4n) is 5.89. The highest BCUT2D eigenvalue weighted by atomic mass is 32.2. The lowest BCUT2D eigenvalue weighted by molar-refractivity contribution is -0.664. The Bertz CT molecular complexity index is 2180. The van der Waals surface area contributed by atoms with Crippen molar-refractivity contribution in [1.82, 2.24) is 29.1 Å². The van der Waals surface area contributed by atoms with Crippen LogP contribution in [0.25, 0.3) is 11.2 Å². The van der Waals surface area contributed by atoms with Crippen LogP contribution in [0.5, 0.6) is 5.75 Å². The number of nitrogens with two attached hydrogens (primary N) is 1. The molecule has 3 atom stereocenters. The molecule has 56 heavy (non-hydrogen) atoms. The van der Waals surface area contributed by atoms with E-state index in [1.807, 2.05) is 34.4 Å². The van der Waals surface area contributed by atoms with Gasteiger partial charge in [-0.25, -0.2) is 14.2 Å². The number of pyridine rings is 1. The molecule has 4 aromatic rings. The largest absolute Gasteiger partial charge is 0.497 e. The van der Waals surface area contributed by atoms with Crippen molar-refractivity contribution in [2.45, 2.75) is 77.4 Å². The molecule has 2 unspecified atom stereocenters. The maximum atomic E-state index is 14.0. The Labute approximate surface area is 330 Å². The molecule has 6 rings (SSSR count). The molecule has 296 valence electrons. The molecule has 1 saturated heterocycles. The minimum absolute atomic E-state index is 0.0489. The van der Waals surface area contributed by atoms with Crippen molar-refractivity contribution >= 4 is 69.2 Å². The van der Waals surface area contributed by atoms with Crippen molar-refractivity contribution in [1.29, 1.82) is 0 Å². The van der Waals surface area contributed by atoms with Crippen LogP contribution in [-0.2, 0) is 48.4 Å². The summed E-state index contributed by atoms with van der Waals surface area (Å²) in [4.78, 5) is 69.3. The highest BCUT2D eigenvalue weighted by Crippen LogP contribution is 2.41. The number of nitrogens with one attached hydrogen (secondary N) is 2. The summed E-state index contributed by atoms with van der Waals surface area (Å²) in [6.45, 7) is 9.63. The number of β-lactam (4-membered cyclic amide) rings is 1. The van der Waals surface area contributed by atoms with E-state index in [0.717, 1.165) is 22.6 Å². The third-order valence-electron chi connectivity index (χ3n) is 8.30. The fourth-order valence-corrected chi connectivity index (χ4v) is 7.78. The van der Waals surface area contributed by atoms with Gasteiger partial charge in [-0.1, -0.05) is 17.3 Å². The number of amides is 3. The minimum atomic E-state index is -1.03. The number of carbonyl (C=O) groups excluding carboxylic acids is 4. The number of carbonyl (C=O) groups is 4. The predicted molar refractivity (Wildman–Crippen MR) is 206 cm³/mol. The van der Waals surface area contributed by atoms with Gasteiger partial charge in [0.05, 0.1) is 13.3 Å². The number of benzene rings is 1. The number of rotatable bonds is 14. The molecule has 18 nitrogen and oxygen atoms in total. The molecule has 3 aromatic heterocycles. The Hall–Kier alpha value is -5.60. The zero-order valence-corrected chi connectivity index (χ0v) is 33.3. The number of fused-ring (bicyclic) bond motifs is 2. The molecule has 2 aliphatic heterocycles. The van der Waals surface area contributed by atoms with E-state index in [1.165, 1.54) is 16.7 Å². The van der Waals surface area contributed by atoms with E-state index in [1.54, 1.807) is 65.4 Å². The number of thioether (sulfide) groups is 1. The second kappa shape index (κ2) is 17.0. The number of esters is 1. The average molecular weight is 808 g/mol. The number of ether oxygens (including phenoxy) is 3. The van der Waals surface area contributed by atoms with Gasteiger partial charge in [0.2, 0.25) is 23.0 Å². The lowest BCUT2D eigenvalue weighted by atomic mass is 10.0. The van der Waals surface area contributed by atoms with Crippen molar-refractivity contribution in [3.05, 3.63) is 71.6 Å². The van der Waals surface area contributed by atoms with E-state index < -0.39 is 40.9 Å². The molecule has 0 radical (unpaired) electrons. The van der Waals surface area contributed by atoms with E-state index in [0.29, 0.717) is 29.3 Å². The molecule has 20 heteroatoms. The third-order valence-corrected chi connectivity index (χ3v) is 10.3. The van der Waals surface area contributed by atoms with Gasteiger partial charge >= 0.3 is 17.7 Å². The van der Waals surface area contributed by atoms with Gasteiger partial charge in [0.25, 0.3) is 11.8 Å². The topological polar surface area (TPSA) is 218 Å². The van der Waals surface area contributed by atoms with Crippen LogP contribution in [0.1, 0.15) is 46.0 Å². The molecule has 1 aromatic carbocycles. The van der Waals surface area contributed by atoms with Gasteiger partial charge in [0.15, 0.2) is 0 Å².